The van der Waals surface area contributed by atoms with Crippen LogP contribution in [0, 0.1) is 17.8 Å². The van der Waals surface area contributed by atoms with Crippen LogP contribution in [-0.2, 0) is 0 Å². The lowest BCUT2D eigenvalue weighted by Gasteiger charge is -2.11. The predicted molar refractivity (Wildman–Crippen MR) is 52.1 cm³/mol. The van der Waals surface area contributed by atoms with Crippen molar-refractivity contribution in [3.05, 3.63) is 0 Å². The quantitative estimate of drug-likeness (QED) is 0.678. The zero-order valence-electron chi connectivity index (χ0n) is 8.34. The van der Waals surface area contributed by atoms with Crippen molar-refractivity contribution in [2.24, 2.45) is 17.8 Å². The van der Waals surface area contributed by atoms with E-state index < -0.39 is 0 Å². The summed E-state index contributed by atoms with van der Waals surface area (Å²) in [5, 5.41) is 3.62. The molecule has 0 aromatic rings. The van der Waals surface area contributed by atoms with Gasteiger partial charge in [-0.05, 0) is 50.5 Å². The Hall–Kier alpha value is -0.0400. The van der Waals surface area contributed by atoms with Crippen molar-refractivity contribution >= 4 is 0 Å². The second-order valence-corrected chi connectivity index (χ2v) is 4.64. The van der Waals surface area contributed by atoms with E-state index in [4.69, 9.17) is 0 Å². The molecule has 0 aromatic carbocycles. The third kappa shape index (κ3) is 1.52. The zero-order valence-corrected chi connectivity index (χ0v) is 8.34. The maximum atomic E-state index is 3.62. The van der Waals surface area contributed by atoms with Gasteiger partial charge in [-0.25, -0.2) is 0 Å². The summed E-state index contributed by atoms with van der Waals surface area (Å²) < 4.78 is 0. The lowest BCUT2D eigenvalue weighted by atomic mass is 10.1. The van der Waals surface area contributed by atoms with E-state index in [2.05, 4.69) is 19.2 Å². The summed E-state index contributed by atoms with van der Waals surface area (Å²) in [5.74, 6) is 3.32. The van der Waals surface area contributed by atoms with Crippen LogP contribution < -0.4 is 5.32 Å². The molecule has 2 saturated carbocycles. The van der Waals surface area contributed by atoms with Gasteiger partial charge in [0.15, 0.2) is 0 Å². The molecule has 0 bridgehead atoms. The van der Waals surface area contributed by atoms with Gasteiger partial charge < -0.3 is 5.32 Å². The molecule has 0 radical (unpaired) electrons. The van der Waals surface area contributed by atoms with Crippen molar-refractivity contribution in [3.8, 4) is 0 Å². The monoisotopic (exact) mass is 167 g/mol. The van der Waals surface area contributed by atoms with Gasteiger partial charge in [-0.3, -0.25) is 0 Å². The molecule has 3 atom stereocenters. The van der Waals surface area contributed by atoms with Gasteiger partial charge in [0.25, 0.3) is 0 Å². The minimum absolute atomic E-state index is 0.728. The van der Waals surface area contributed by atoms with Crippen molar-refractivity contribution in [1.82, 2.24) is 5.32 Å². The second kappa shape index (κ2) is 3.37. The smallest absolute Gasteiger partial charge is 0.00362 e. The normalized spacial score (nSPS) is 41.0. The maximum Gasteiger partial charge on any atom is 0.00362 e. The number of hydrogen-bond acceptors (Lipinski definition) is 1. The molecule has 12 heavy (non-hydrogen) atoms. The average molecular weight is 167 g/mol. The Bertz CT molecular complexity index is 145. The lowest BCUT2D eigenvalue weighted by molar-refractivity contribution is 0.473. The highest BCUT2D eigenvalue weighted by molar-refractivity contribution is 5.01. The summed E-state index contributed by atoms with van der Waals surface area (Å²) in [6.07, 6.45) is 5.83. The summed E-state index contributed by atoms with van der Waals surface area (Å²) in [4.78, 5) is 0. The Morgan fingerprint density at radius 2 is 2.00 bits per heavy atom. The summed E-state index contributed by atoms with van der Waals surface area (Å²) in [6.45, 7) is 5.84. The molecule has 0 aromatic heterocycles. The van der Waals surface area contributed by atoms with E-state index in [0.717, 1.165) is 23.8 Å². The molecule has 0 saturated heterocycles. The molecule has 0 aliphatic heterocycles. The average Bonchev–Trinajstić information content (AvgIpc) is 2.55. The van der Waals surface area contributed by atoms with Crippen LogP contribution in [0.3, 0.4) is 0 Å². The fraction of sp³-hybridized carbons (Fsp3) is 1.00. The Balaban J connectivity index is 1.63. The summed E-state index contributed by atoms with van der Waals surface area (Å²) in [5.41, 5.74) is 0. The molecule has 0 amide bonds. The maximum absolute atomic E-state index is 3.62. The Morgan fingerprint density at radius 1 is 1.33 bits per heavy atom. The summed E-state index contributed by atoms with van der Waals surface area (Å²) in [6, 6.07) is 0.728. The zero-order chi connectivity index (χ0) is 8.55. The van der Waals surface area contributed by atoms with Crippen molar-refractivity contribution in [3.63, 3.8) is 0 Å². The first-order chi connectivity index (χ1) is 5.83. The Labute approximate surface area is 75.9 Å². The summed E-state index contributed by atoms with van der Waals surface area (Å²) >= 11 is 0. The van der Waals surface area contributed by atoms with Crippen LogP contribution in [-0.4, -0.2) is 12.6 Å². The van der Waals surface area contributed by atoms with Gasteiger partial charge >= 0.3 is 0 Å². The Morgan fingerprint density at radius 3 is 2.58 bits per heavy atom. The van der Waals surface area contributed by atoms with Crippen LogP contribution in [0.5, 0.6) is 0 Å². The highest BCUT2D eigenvalue weighted by atomic mass is 14.9. The van der Waals surface area contributed by atoms with Crippen molar-refractivity contribution in [2.75, 3.05) is 6.54 Å². The third-order valence-corrected chi connectivity index (χ3v) is 3.90. The minimum Gasteiger partial charge on any atom is -0.314 e. The van der Waals surface area contributed by atoms with Crippen LogP contribution in [0.4, 0.5) is 0 Å². The van der Waals surface area contributed by atoms with E-state index in [-0.39, 0.29) is 0 Å². The number of nitrogens with one attached hydrogen (secondary N) is 1. The van der Waals surface area contributed by atoms with E-state index in [1.807, 2.05) is 0 Å². The topological polar surface area (TPSA) is 12.0 Å². The van der Waals surface area contributed by atoms with Crippen molar-refractivity contribution < 1.29 is 0 Å². The summed E-state index contributed by atoms with van der Waals surface area (Å²) in [7, 11) is 0. The standard InChI is InChI=1S/C11H21N/c1-3-8(2)12-7-11-9-5-4-6-10(9)11/h8-12H,3-7H2,1-2H3. The molecule has 1 heteroatoms. The molecule has 2 aliphatic rings. The molecule has 70 valence electrons. The first-order valence-corrected chi connectivity index (χ1v) is 5.56. The molecule has 2 fully saturated rings. The van der Waals surface area contributed by atoms with E-state index in [0.29, 0.717) is 0 Å². The molecule has 1 N–H and O–H groups in total. The predicted octanol–water partition coefficient (Wildman–Crippen LogP) is 2.42. The van der Waals surface area contributed by atoms with Crippen LogP contribution in [0.1, 0.15) is 39.5 Å². The highest BCUT2D eigenvalue weighted by Crippen LogP contribution is 2.57. The van der Waals surface area contributed by atoms with Gasteiger partial charge in [0.05, 0.1) is 0 Å². The van der Waals surface area contributed by atoms with Crippen LogP contribution in [0.25, 0.3) is 0 Å². The number of rotatable bonds is 4. The van der Waals surface area contributed by atoms with Crippen LogP contribution >= 0.6 is 0 Å². The van der Waals surface area contributed by atoms with Gasteiger partial charge in [-0.1, -0.05) is 13.3 Å². The van der Waals surface area contributed by atoms with Gasteiger partial charge in [-0.15, -0.1) is 0 Å². The van der Waals surface area contributed by atoms with Gasteiger partial charge in [0.2, 0.25) is 0 Å². The largest absolute Gasteiger partial charge is 0.314 e. The first kappa shape index (κ1) is 8.55. The molecule has 0 heterocycles. The molecule has 1 nitrogen and oxygen atoms in total. The van der Waals surface area contributed by atoms with Crippen molar-refractivity contribution in [1.29, 1.82) is 0 Å². The van der Waals surface area contributed by atoms with Gasteiger partial charge in [0.1, 0.15) is 0 Å². The number of fused-ring (bicyclic) bond motifs is 1. The highest BCUT2D eigenvalue weighted by Gasteiger charge is 2.51. The molecule has 0 spiro atoms. The Kier molecular flexibility index (Phi) is 2.40. The molecule has 2 aliphatic carbocycles. The molecule has 2 rings (SSSR count). The number of hydrogen-bond donors (Lipinski definition) is 1. The van der Waals surface area contributed by atoms with E-state index in [1.54, 1.807) is 0 Å². The molecule has 3 unspecified atom stereocenters. The van der Waals surface area contributed by atoms with E-state index in [9.17, 15) is 0 Å². The van der Waals surface area contributed by atoms with E-state index in [1.165, 1.54) is 32.2 Å². The van der Waals surface area contributed by atoms with Crippen molar-refractivity contribution in [2.45, 2.75) is 45.6 Å². The first-order valence-electron chi connectivity index (χ1n) is 5.56. The lowest BCUT2D eigenvalue weighted by Crippen LogP contribution is -2.28. The van der Waals surface area contributed by atoms with E-state index >= 15 is 0 Å². The van der Waals surface area contributed by atoms with Gasteiger partial charge in [-0.2, -0.15) is 0 Å². The molecular weight excluding hydrogens is 146 g/mol. The molecular formula is C11H21N. The second-order valence-electron chi connectivity index (χ2n) is 4.64. The van der Waals surface area contributed by atoms with Crippen LogP contribution in [0.15, 0.2) is 0 Å². The SMILES string of the molecule is CCC(C)NCC1C2CCCC21. The third-order valence-electron chi connectivity index (χ3n) is 3.90. The minimum atomic E-state index is 0.728. The van der Waals surface area contributed by atoms with Crippen LogP contribution in [0.2, 0.25) is 0 Å². The van der Waals surface area contributed by atoms with Gasteiger partial charge in [0, 0.05) is 6.04 Å². The fourth-order valence-electron chi connectivity index (χ4n) is 2.75. The fourth-order valence-corrected chi connectivity index (χ4v) is 2.75.